The zero-order valence-corrected chi connectivity index (χ0v) is 27.6. The maximum absolute atomic E-state index is 14.6. The Morgan fingerprint density at radius 3 is 2.04 bits per heavy atom. The predicted molar refractivity (Wildman–Crippen MR) is 183 cm³/mol. The molecule has 46 heavy (non-hydrogen) atoms. The number of amides is 2. The Hall–Kier alpha value is -4.14. The summed E-state index contributed by atoms with van der Waals surface area (Å²) in [4.78, 5) is 30.3. The molecule has 5 rings (SSSR count). The molecule has 1 N–H and O–H groups in total. The van der Waals surface area contributed by atoms with Crippen molar-refractivity contribution in [3.05, 3.63) is 131 Å². The minimum atomic E-state index is -4.13. The van der Waals surface area contributed by atoms with Crippen LogP contribution in [0, 0.1) is 6.92 Å². The summed E-state index contributed by atoms with van der Waals surface area (Å²) in [6, 6.07) is 31.0. The molecule has 1 aliphatic carbocycles. The first-order chi connectivity index (χ1) is 22.2. The lowest BCUT2D eigenvalue weighted by Crippen LogP contribution is -2.55. The average Bonchev–Trinajstić information content (AvgIpc) is 3.07. The van der Waals surface area contributed by atoms with Gasteiger partial charge in [0.2, 0.25) is 11.8 Å². The van der Waals surface area contributed by atoms with E-state index < -0.39 is 28.5 Å². The summed E-state index contributed by atoms with van der Waals surface area (Å²) in [5.74, 6) is -0.736. The molecule has 9 heteroatoms. The predicted octanol–water partition coefficient (Wildman–Crippen LogP) is 6.93. The van der Waals surface area contributed by atoms with E-state index in [1.165, 1.54) is 17.0 Å². The zero-order chi connectivity index (χ0) is 32.5. The largest absolute Gasteiger partial charge is 0.352 e. The van der Waals surface area contributed by atoms with Crippen LogP contribution in [0.25, 0.3) is 0 Å². The van der Waals surface area contributed by atoms with Gasteiger partial charge in [-0.25, -0.2) is 8.42 Å². The molecule has 0 radical (unpaired) electrons. The number of aryl methyl sites for hydroxylation is 1. The van der Waals surface area contributed by atoms with Gasteiger partial charge in [0.25, 0.3) is 10.0 Å². The first-order valence-electron chi connectivity index (χ1n) is 15.7. The third-order valence-corrected chi connectivity index (χ3v) is 10.5. The Balaban J connectivity index is 1.55. The monoisotopic (exact) mass is 657 g/mol. The van der Waals surface area contributed by atoms with Crippen LogP contribution in [-0.4, -0.2) is 43.8 Å². The lowest BCUT2D eigenvalue weighted by molar-refractivity contribution is -0.140. The van der Waals surface area contributed by atoms with Crippen LogP contribution >= 0.6 is 11.6 Å². The molecule has 0 spiro atoms. The second kappa shape index (κ2) is 15.4. The fourth-order valence-electron chi connectivity index (χ4n) is 5.84. The van der Waals surface area contributed by atoms with E-state index in [0.717, 1.165) is 53.1 Å². The first kappa shape index (κ1) is 33.2. The zero-order valence-electron chi connectivity index (χ0n) is 26.0. The SMILES string of the molecule is Cc1ccc(N(CC(=O)N(Cc2ccc(Cl)cc2)[C@@H](Cc2ccccc2)C(=O)NC2CCCCC2)S(=O)(=O)c2ccccc2)cc1. The van der Waals surface area contributed by atoms with Crippen molar-refractivity contribution in [2.45, 2.75) is 69.0 Å². The van der Waals surface area contributed by atoms with Gasteiger partial charge in [0, 0.05) is 24.0 Å². The number of anilines is 1. The standard InChI is InChI=1S/C37H40ClN3O4S/c1-28-17-23-33(24-18-28)41(46(44,45)34-15-9-4-10-16-34)27-36(42)40(26-30-19-21-31(38)22-20-30)35(25-29-11-5-2-6-12-29)37(43)39-32-13-7-3-8-14-32/h2,4-6,9-12,15-24,32,35H,3,7-8,13-14,25-27H2,1H3,(H,39,43)/t35-/m0/s1. The van der Waals surface area contributed by atoms with Gasteiger partial charge >= 0.3 is 0 Å². The number of rotatable bonds is 12. The molecule has 4 aromatic rings. The van der Waals surface area contributed by atoms with Gasteiger partial charge in [0.15, 0.2) is 0 Å². The molecule has 0 aliphatic heterocycles. The highest BCUT2D eigenvalue weighted by atomic mass is 35.5. The molecule has 0 saturated heterocycles. The lowest BCUT2D eigenvalue weighted by atomic mass is 9.94. The van der Waals surface area contributed by atoms with Crippen molar-refractivity contribution in [2.75, 3.05) is 10.8 Å². The normalized spacial score (nSPS) is 14.3. The number of hydrogen-bond acceptors (Lipinski definition) is 4. The quantitative estimate of drug-likeness (QED) is 0.179. The Bertz CT molecular complexity index is 1690. The van der Waals surface area contributed by atoms with Crippen molar-refractivity contribution in [2.24, 2.45) is 0 Å². The van der Waals surface area contributed by atoms with Crippen molar-refractivity contribution in [1.29, 1.82) is 0 Å². The fraction of sp³-hybridized carbons (Fsp3) is 0.297. The summed E-state index contributed by atoms with van der Waals surface area (Å²) in [6.07, 6.45) is 5.30. The molecule has 240 valence electrons. The molecular weight excluding hydrogens is 618 g/mol. The van der Waals surface area contributed by atoms with Crippen molar-refractivity contribution in [1.82, 2.24) is 10.2 Å². The van der Waals surface area contributed by atoms with E-state index in [-0.39, 0.29) is 29.8 Å². The molecule has 1 atom stereocenters. The number of carbonyl (C=O) groups is 2. The van der Waals surface area contributed by atoms with Gasteiger partial charge < -0.3 is 10.2 Å². The lowest BCUT2D eigenvalue weighted by Gasteiger charge is -2.35. The van der Waals surface area contributed by atoms with E-state index in [0.29, 0.717) is 10.7 Å². The van der Waals surface area contributed by atoms with Crippen molar-refractivity contribution in [3.8, 4) is 0 Å². The number of nitrogens with one attached hydrogen (secondary N) is 1. The second-order valence-electron chi connectivity index (χ2n) is 11.9. The van der Waals surface area contributed by atoms with Gasteiger partial charge in [-0.05, 0) is 67.3 Å². The first-order valence-corrected chi connectivity index (χ1v) is 17.6. The van der Waals surface area contributed by atoms with Gasteiger partial charge in [0.05, 0.1) is 10.6 Å². The molecular formula is C37H40ClN3O4S. The number of halogens is 1. The smallest absolute Gasteiger partial charge is 0.264 e. The molecule has 1 saturated carbocycles. The van der Waals surface area contributed by atoms with E-state index in [1.54, 1.807) is 42.5 Å². The van der Waals surface area contributed by atoms with E-state index in [1.807, 2.05) is 61.5 Å². The molecule has 0 unspecified atom stereocenters. The summed E-state index contributed by atoms with van der Waals surface area (Å²) in [6.45, 7) is 1.52. The third kappa shape index (κ3) is 8.56. The molecule has 4 aromatic carbocycles. The van der Waals surface area contributed by atoms with E-state index in [2.05, 4.69) is 5.32 Å². The number of benzene rings is 4. The van der Waals surface area contributed by atoms with E-state index >= 15 is 0 Å². The molecule has 0 bridgehead atoms. The van der Waals surface area contributed by atoms with Crippen LogP contribution < -0.4 is 9.62 Å². The van der Waals surface area contributed by atoms with Gasteiger partial charge in [-0.1, -0.05) is 109 Å². The van der Waals surface area contributed by atoms with Gasteiger partial charge in [-0.2, -0.15) is 0 Å². The van der Waals surface area contributed by atoms with Crippen molar-refractivity contribution >= 4 is 39.1 Å². The topological polar surface area (TPSA) is 86.8 Å². The minimum absolute atomic E-state index is 0.0366. The molecule has 1 aliphatic rings. The molecule has 2 amide bonds. The maximum Gasteiger partial charge on any atom is 0.264 e. The third-order valence-electron chi connectivity index (χ3n) is 8.42. The Morgan fingerprint density at radius 1 is 0.804 bits per heavy atom. The summed E-state index contributed by atoms with van der Waals surface area (Å²) >= 11 is 6.18. The van der Waals surface area contributed by atoms with Gasteiger partial charge in [-0.15, -0.1) is 0 Å². The highest BCUT2D eigenvalue weighted by molar-refractivity contribution is 7.92. The number of hydrogen-bond donors (Lipinski definition) is 1. The van der Waals surface area contributed by atoms with E-state index in [9.17, 15) is 18.0 Å². The summed E-state index contributed by atoms with van der Waals surface area (Å²) in [5.41, 5.74) is 2.99. The highest BCUT2D eigenvalue weighted by Gasteiger charge is 2.35. The van der Waals surface area contributed by atoms with Crippen LogP contribution in [0.4, 0.5) is 5.69 Å². The highest BCUT2D eigenvalue weighted by Crippen LogP contribution is 2.26. The molecule has 0 heterocycles. The molecule has 0 aromatic heterocycles. The van der Waals surface area contributed by atoms with Crippen LogP contribution in [0.2, 0.25) is 5.02 Å². The fourth-order valence-corrected chi connectivity index (χ4v) is 7.41. The van der Waals surface area contributed by atoms with Crippen molar-refractivity contribution < 1.29 is 18.0 Å². The van der Waals surface area contributed by atoms with E-state index in [4.69, 9.17) is 11.6 Å². The molecule has 7 nitrogen and oxygen atoms in total. The number of nitrogens with zero attached hydrogens (tertiary/aromatic N) is 2. The van der Waals surface area contributed by atoms with Crippen LogP contribution in [0.15, 0.2) is 114 Å². The van der Waals surface area contributed by atoms with Crippen LogP contribution in [0.1, 0.15) is 48.8 Å². The number of sulfonamides is 1. The van der Waals surface area contributed by atoms with Crippen LogP contribution in [0.5, 0.6) is 0 Å². The van der Waals surface area contributed by atoms with Gasteiger partial charge in [0.1, 0.15) is 12.6 Å². The summed E-state index contributed by atoms with van der Waals surface area (Å²) < 4.78 is 29.3. The van der Waals surface area contributed by atoms with Gasteiger partial charge in [-0.3, -0.25) is 13.9 Å². The Kier molecular flexibility index (Phi) is 11.1. The summed E-state index contributed by atoms with van der Waals surface area (Å²) in [7, 11) is -4.13. The Morgan fingerprint density at radius 2 is 1.41 bits per heavy atom. The van der Waals surface area contributed by atoms with Crippen LogP contribution in [0.3, 0.4) is 0 Å². The minimum Gasteiger partial charge on any atom is -0.352 e. The number of carbonyl (C=O) groups excluding carboxylic acids is 2. The average molecular weight is 658 g/mol. The summed E-state index contributed by atoms with van der Waals surface area (Å²) in [5, 5.41) is 3.78. The molecule has 1 fully saturated rings. The maximum atomic E-state index is 14.6. The van der Waals surface area contributed by atoms with Crippen molar-refractivity contribution in [3.63, 3.8) is 0 Å². The van der Waals surface area contributed by atoms with Crippen LogP contribution in [-0.2, 0) is 32.6 Å². The second-order valence-corrected chi connectivity index (χ2v) is 14.2. The Labute approximate surface area is 277 Å².